The Kier molecular flexibility index (Phi) is 6.00. The summed E-state index contributed by atoms with van der Waals surface area (Å²) in [4.78, 5) is 38.8. The molecule has 1 heterocycles. The van der Waals surface area contributed by atoms with E-state index in [-0.39, 0.29) is 31.4 Å². The van der Waals surface area contributed by atoms with Crippen LogP contribution in [0.25, 0.3) is 11.1 Å². The van der Waals surface area contributed by atoms with Gasteiger partial charge in [-0.25, -0.2) is 9.59 Å². The number of amides is 2. The summed E-state index contributed by atoms with van der Waals surface area (Å²) in [6.45, 7) is 0.0804. The Labute approximate surface area is 197 Å². The Morgan fingerprint density at radius 3 is 2.21 bits per heavy atom. The second kappa shape index (κ2) is 9.10. The second-order valence-corrected chi connectivity index (χ2v) is 9.37. The number of aliphatic carboxylic acids is 1. The first-order valence-electron chi connectivity index (χ1n) is 11.8. The van der Waals surface area contributed by atoms with E-state index in [0.717, 1.165) is 41.5 Å². The molecule has 2 aliphatic carbocycles. The maximum atomic E-state index is 13.2. The molecule has 178 valence electrons. The Morgan fingerprint density at radius 1 is 1.03 bits per heavy atom. The Hall–Kier alpha value is -3.39. The van der Waals surface area contributed by atoms with E-state index < -0.39 is 36.2 Å². The Morgan fingerprint density at radius 2 is 1.65 bits per heavy atom. The molecule has 0 bridgehead atoms. The van der Waals surface area contributed by atoms with Gasteiger partial charge >= 0.3 is 12.1 Å². The Balaban J connectivity index is 1.28. The molecule has 34 heavy (non-hydrogen) atoms. The van der Waals surface area contributed by atoms with Crippen LogP contribution in [0.2, 0.25) is 0 Å². The maximum absolute atomic E-state index is 13.2. The highest BCUT2D eigenvalue weighted by Crippen LogP contribution is 2.44. The summed E-state index contributed by atoms with van der Waals surface area (Å²) >= 11 is 0. The van der Waals surface area contributed by atoms with Gasteiger partial charge in [0.2, 0.25) is 5.91 Å². The first-order chi connectivity index (χ1) is 16.4. The van der Waals surface area contributed by atoms with Gasteiger partial charge in [0.15, 0.2) is 0 Å². The van der Waals surface area contributed by atoms with Crippen LogP contribution < -0.4 is 5.32 Å². The Bertz CT molecular complexity index is 1070. The highest BCUT2D eigenvalue weighted by atomic mass is 16.5. The van der Waals surface area contributed by atoms with Gasteiger partial charge in [-0.15, -0.1) is 0 Å². The maximum Gasteiger partial charge on any atom is 0.407 e. The van der Waals surface area contributed by atoms with Crippen molar-refractivity contribution in [3.8, 4) is 11.1 Å². The van der Waals surface area contributed by atoms with Crippen LogP contribution in [0.4, 0.5) is 4.79 Å². The van der Waals surface area contributed by atoms with Crippen LogP contribution >= 0.6 is 0 Å². The molecule has 2 fully saturated rings. The van der Waals surface area contributed by atoms with E-state index in [1.807, 2.05) is 36.4 Å². The molecule has 2 aromatic rings. The number of rotatable bonds is 6. The van der Waals surface area contributed by atoms with Gasteiger partial charge in [0.25, 0.3) is 0 Å². The average molecular weight is 465 g/mol. The number of likely N-dealkylation sites (tertiary alicyclic amines) is 1. The predicted molar refractivity (Wildman–Crippen MR) is 123 cm³/mol. The number of nitrogens with zero attached hydrogens (tertiary/aromatic N) is 1. The lowest BCUT2D eigenvalue weighted by atomic mass is 9.79. The first-order valence-corrected chi connectivity index (χ1v) is 11.8. The van der Waals surface area contributed by atoms with E-state index in [2.05, 4.69) is 17.4 Å². The predicted octanol–water partition coefficient (Wildman–Crippen LogP) is 2.74. The van der Waals surface area contributed by atoms with Gasteiger partial charge < -0.3 is 25.2 Å². The van der Waals surface area contributed by atoms with Gasteiger partial charge in [-0.1, -0.05) is 55.0 Å². The number of benzene rings is 2. The van der Waals surface area contributed by atoms with E-state index in [1.54, 1.807) is 0 Å². The van der Waals surface area contributed by atoms with E-state index in [1.165, 1.54) is 4.90 Å². The van der Waals surface area contributed by atoms with Crippen molar-refractivity contribution in [3.05, 3.63) is 59.7 Å². The molecule has 0 aromatic heterocycles. The number of ether oxygens (including phenoxy) is 1. The third kappa shape index (κ3) is 4.03. The molecule has 3 atom stereocenters. The average Bonchev–Trinajstić information content (AvgIpc) is 3.34. The molecule has 8 nitrogen and oxygen atoms in total. The number of hydrogen-bond donors (Lipinski definition) is 3. The van der Waals surface area contributed by atoms with Gasteiger partial charge in [-0.3, -0.25) is 4.79 Å². The minimum atomic E-state index is -1.15. The fourth-order valence-electron chi connectivity index (χ4n) is 5.39. The zero-order valence-electron chi connectivity index (χ0n) is 18.7. The van der Waals surface area contributed by atoms with Crippen molar-refractivity contribution < 1.29 is 29.3 Å². The largest absolute Gasteiger partial charge is 0.480 e. The third-order valence-electron chi connectivity index (χ3n) is 7.35. The van der Waals surface area contributed by atoms with Crippen molar-refractivity contribution in [1.29, 1.82) is 0 Å². The van der Waals surface area contributed by atoms with Gasteiger partial charge in [0.1, 0.15) is 18.7 Å². The standard InChI is InChI=1S/C26H28N2O6/c29-16-12-22(25(31)32)28(13-16)24(30)23(15-6-5-7-15)27-26(33)34-14-21-19-10-3-1-8-17(19)18-9-2-4-11-20(18)21/h1-4,8-11,15-16,21-23,29H,5-7,12-14H2,(H,27,33)(H,31,32)/t16-,22-,23?/m1/s1. The van der Waals surface area contributed by atoms with E-state index >= 15 is 0 Å². The van der Waals surface area contributed by atoms with Crippen LogP contribution in [0.15, 0.2) is 48.5 Å². The number of carbonyl (C=O) groups is 3. The highest BCUT2D eigenvalue weighted by Gasteiger charge is 2.44. The second-order valence-electron chi connectivity index (χ2n) is 9.37. The van der Waals surface area contributed by atoms with Gasteiger partial charge in [0, 0.05) is 18.9 Å². The lowest BCUT2D eigenvalue weighted by molar-refractivity contribution is -0.149. The zero-order valence-corrected chi connectivity index (χ0v) is 18.7. The van der Waals surface area contributed by atoms with Crippen LogP contribution in [0.5, 0.6) is 0 Å². The lowest BCUT2D eigenvalue weighted by Gasteiger charge is -2.36. The monoisotopic (exact) mass is 464 g/mol. The lowest BCUT2D eigenvalue weighted by Crippen LogP contribution is -2.56. The molecule has 1 unspecified atom stereocenters. The van der Waals surface area contributed by atoms with Crippen molar-refractivity contribution in [1.82, 2.24) is 10.2 Å². The number of aliphatic hydroxyl groups excluding tert-OH is 1. The number of β-amino-alcohol motifs (C(OH)–C–C–N with tert-alkyl or cyclic N) is 1. The quantitative estimate of drug-likeness (QED) is 0.605. The summed E-state index contributed by atoms with van der Waals surface area (Å²) in [6.07, 6.45) is 0.901. The highest BCUT2D eigenvalue weighted by molar-refractivity contribution is 5.90. The number of carboxylic acid groups (broad SMARTS) is 1. The number of fused-ring (bicyclic) bond motifs is 3. The fourth-order valence-corrected chi connectivity index (χ4v) is 5.39. The SMILES string of the molecule is O=C(NC(C(=O)N1C[C@H](O)C[C@@H]1C(=O)O)C1CCC1)OCC1c2ccccc2-c2ccccc21. The molecular weight excluding hydrogens is 436 g/mol. The number of hydrogen-bond acceptors (Lipinski definition) is 5. The number of alkyl carbamates (subject to hydrolysis) is 1. The summed E-state index contributed by atoms with van der Waals surface area (Å²) in [5, 5.41) is 22.1. The third-order valence-corrected chi connectivity index (χ3v) is 7.35. The van der Waals surface area contributed by atoms with E-state index in [9.17, 15) is 24.6 Å². The van der Waals surface area contributed by atoms with Crippen LogP contribution in [-0.4, -0.2) is 64.4 Å². The van der Waals surface area contributed by atoms with Crippen LogP contribution in [0.1, 0.15) is 42.7 Å². The van der Waals surface area contributed by atoms with Crippen molar-refractivity contribution in [2.24, 2.45) is 5.92 Å². The molecule has 0 radical (unpaired) electrons. The summed E-state index contributed by atoms with van der Waals surface area (Å²) in [5.74, 6) is -1.79. The topological polar surface area (TPSA) is 116 Å². The van der Waals surface area contributed by atoms with Crippen LogP contribution in [0, 0.1) is 5.92 Å². The van der Waals surface area contributed by atoms with Crippen molar-refractivity contribution in [3.63, 3.8) is 0 Å². The molecule has 5 rings (SSSR count). The minimum absolute atomic E-state index is 0.0105. The molecule has 1 saturated heterocycles. The molecule has 3 aliphatic rings. The molecule has 2 amide bonds. The van der Waals surface area contributed by atoms with Gasteiger partial charge in [0.05, 0.1) is 6.10 Å². The smallest absolute Gasteiger partial charge is 0.407 e. The first kappa shape index (κ1) is 22.4. The molecule has 1 aliphatic heterocycles. The number of aliphatic hydroxyl groups is 1. The van der Waals surface area contributed by atoms with Gasteiger partial charge in [-0.05, 0) is 41.0 Å². The molecule has 1 saturated carbocycles. The normalized spacial score (nSPS) is 22.4. The van der Waals surface area contributed by atoms with Crippen LogP contribution in [-0.2, 0) is 14.3 Å². The molecule has 3 N–H and O–H groups in total. The van der Waals surface area contributed by atoms with Crippen molar-refractivity contribution in [2.45, 2.75) is 49.8 Å². The number of carboxylic acids is 1. The molecule has 0 spiro atoms. The molecular formula is C26H28N2O6. The number of carbonyl (C=O) groups excluding carboxylic acids is 2. The van der Waals surface area contributed by atoms with Crippen molar-refractivity contribution >= 4 is 18.0 Å². The summed E-state index contributed by atoms with van der Waals surface area (Å²) < 4.78 is 5.61. The molecule has 2 aromatic carbocycles. The van der Waals surface area contributed by atoms with E-state index in [0.29, 0.717) is 0 Å². The summed E-state index contributed by atoms with van der Waals surface area (Å²) in [6, 6.07) is 14.1. The minimum Gasteiger partial charge on any atom is -0.480 e. The van der Waals surface area contributed by atoms with Gasteiger partial charge in [-0.2, -0.15) is 0 Å². The fraction of sp³-hybridized carbons (Fsp3) is 0.423. The molecule has 8 heteroatoms. The number of nitrogens with one attached hydrogen (secondary N) is 1. The van der Waals surface area contributed by atoms with Crippen molar-refractivity contribution in [2.75, 3.05) is 13.2 Å². The van der Waals surface area contributed by atoms with Crippen LogP contribution in [0.3, 0.4) is 0 Å². The summed E-state index contributed by atoms with van der Waals surface area (Å²) in [7, 11) is 0. The van der Waals surface area contributed by atoms with E-state index in [4.69, 9.17) is 4.74 Å². The summed E-state index contributed by atoms with van der Waals surface area (Å²) in [5.41, 5.74) is 4.45. The zero-order chi connectivity index (χ0) is 23.8.